The van der Waals surface area contributed by atoms with Gasteiger partial charge in [0.25, 0.3) is 5.91 Å². The molecule has 0 radical (unpaired) electrons. The Morgan fingerprint density at radius 1 is 1.30 bits per heavy atom. The van der Waals surface area contributed by atoms with Crippen molar-refractivity contribution in [3.05, 3.63) is 78.4 Å². The predicted octanol–water partition coefficient (Wildman–Crippen LogP) is 4.88. The van der Waals surface area contributed by atoms with Gasteiger partial charge in [-0.15, -0.1) is 6.58 Å². The summed E-state index contributed by atoms with van der Waals surface area (Å²) in [5.41, 5.74) is 1.22. The molecule has 2 aromatic rings. The highest BCUT2D eigenvalue weighted by molar-refractivity contribution is 5.94. The van der Waals surface area contributed by atoms with E-state index in [1.807, 2.05) is 56.4 Å². The fourth-order valence-corrected chi connectivity index (χ4v) is 4.42. The highest BCUT2D eigenvalue weighted by Crippen LogP contribution is 2.40. The second kappa shape index (κ2) is 9.94. The van der Waals surface area contributed by atoms with Crippen molar-refractivity contribution in [2.45, 2.75) is 50.7 Å². The van der Waals surface area contributed by atoms with Gasteiger partial charge in [0.2, 0.25) is 0 Å². The van der Waals surface area contributed by atoms with Crippen LogP contribution in [0.5, 0.6) is 5.75 Å². The molecule has 4 nitrogen and oxygen atoms in total. The number of aliphatic hydroxyl groups is 1. The van der Waals surface area contributed by atoms with E-state index >= 15 is 0 Å². The van der Waals surface area contributed by atoms with Crippen LogP contribution in [0.25, 0.3) is 0 Å². The van der Waals surface area contributed by atoms with Crippen molar-refractivity contribution >= 4 is 5.91 Å². The molecule has 1 saturated carbocycles. The van der Waals surface area contributed by atoms with E-state index in [2.05, 4.69) is 18.7 Å². The summed E-state index contributed by atoms with van der Waals surface area (Å²) in [4.78, 5) is 14.9. The average Bonchev–Trinajstić information content (AvgIpc) is 3.17. The van der Waals surface area contributed by atoms with Gasteiger partial charge in [0.15, 0.2) is 0 Å². The number of hydrogen-bond donors (Lipinski definition) is 1. The lowest BCUT2D eigenvalue weighted by atomic mass is 9.92. The van der Waals surface area contributed by atoms with Crippen molar-refractivity contribution in [3.8, 4) is 5.75 Å². The largest absolute Gasteiger partial charge is 0.493 e. The fourth-order valence-electron chi connectivity index (χ4n) is 4.42. The van der Waals surface area contributed by atoms with Crippen LogP contribution in [0, 0.1) is 5.92 Å². The van der Waals surface area contributed by atoms with Crippen molar-refractivity contribution in [1.29, 1.82) is 0 Å². The molecule has 0 spiro atoms. The first-order valence-electron chi connectivity index (χ1n) is 10.8. The second-order valence-corrected chi connectivity index (χ2v) is 8.34. The first-order chi connectivity index (χ1) is 14.5. The van der Waals surface area contributed by atoms with Gasteiger partial charge < -0.3 is 14.7 Å². The lowest BCUT2D eigenvalue weighted by molar-refractivity contribution is 0.0346. The molecule has 1 aliphatic carbocycles. The lowest BCUT2D eigenvalue weighted by Gasteiger charge is -2.31. The molecule has 1 fully saturated rings. The van der Waals surface area contributed by atoms with Gasteiger partial charge in [0.05, 0.1) is 18.2 Å². The summed E-state index contributed by atoms with van der Waals surface area (Å²) in [6.07, 6.45) is 5.80. The normalized spacial score (nSPS) is 21.8. The second-order valence-electron chi connectivity index (χ2n) is 8.34. The molecule has 30 heavy (non-hydrogen) atoms. The van der Waals surface area contributed by atoms with E-state index in [9.17, 15) is 9.90 Å². The number of amides is 1. The van der Waals surface area contributed by atoms with Crippen LogP contribution in [0.15, 0.2) is 67.3 Å². The number of rotatable bonds is 9. The zero-order chi connectivity index (χ0) is 21.6. The Labute approximate surface area is 180 Å². The Balaban J connectivity index is 1.62. The molecule has 0 saturated heterocycles. The Hall–Kier alpha value is -2.59. The summed E-state index contributed by atoms with van der Waals surface area (Å²) in [7, 11) is 1.82. The first-order valence-corrected chi connectivity index (χ1v) is 10.8. The van der Waals surface area contributed by atoms with E-state index in [1.54, 1.807) is 11.0 Å². The number of carbonyl (C=O) groups excluding carboxylic acids is 1. The quantitative estimate of drug-likeness (QED) is 0.603. The van der Waals surface area contributed by atoms with Gasteiger partial charge in [0.1, 0.15) is 5.75 Å². The van der Waals surface area contributed by atoms with Crippen molar-refractivity contribution in [1.82, 2.24) is 4.90 Å². The summed E-state index contributed by atoms with van der Waals surface area (Å²) < 4.78 is 5.88. The van der Waals surface area contributed by atoms with E-state index in [0.29, 0.717) is 24.3 Å². The molecule has 3 rings (SSSR count). The Morgan fingerprint density at radius 3 is 2.73 bits per heavy atom. The number of carbonyl (C=O) groups is 1. The number of ether oxygens (including phenoxy) is 1. The van der Waals surface area contributed by atoms with Gasteiger partial charge in [0, 0.05) is 19.0 Å². The summed E-state index contributed by atoms with van der Waals surface area (Å²) in [6.45, 7) is 6.54. The highest BCUT2D eigenvalue weighted by atomic mass is 16.5. The van der Waals surface area contributed by atoms with Crippen molar-refractivity contribution in [2.75, 3.05) is 13.7 Å². The molecule has 160 valence electrons. The minimum Gasteiger partial charge on any atom is -0.493 e. The third kappa shape index (κ3) is 5.31. The van der Waals surface area contributed by atoms with Crippen molar-refractivity contribution < 1.29 is 14.6 Å². The first kappa shape index (κ1) is 22.1. The van der Waals surface area contributed by atoms with Crippen LogP contribution in [0.2, 0.25) is 0 Å². The third-order valence-corrected chi connectivity index (χ3v) is 6.36. The van der Waals surface area contributed by atoms with E-state index in [-0.39, 0.29) is 17.9 Å². The molecule has 3 atom stereocenters. The van der Waals surface area contributed by atoms with E-state index in [4.69, 9.17) is 4.74 Å². The maximum Gasteiger partial charge on any atom is 0.254 e. The molecule has 4 heteroatoms. The standard InChI is InChI=1S/C26H33NO3/c1-4-24(22-14-16-26(29,5-2)19-22)27(3)25(28)21-12-9-13-23(18-21)30-17-15-20-10-7-6-8-11-20/h4,6-13,18,22,24,29H,1,5,14-17,19H2,2-3H3. The van der Waals surface area contributed by atoms with Gasteiger partial charge >= 0.3 is 0 Å². The number of likely N-dealkylation sites (N-methyl/N-ethyl adjacent to an activating group) is 1. The Kier molecular flexibility index (Phi) is 7.33. The molecule has 1 aliphatic rings. The SMILES string of the molecule is C=CC(C1CCC(O)(CC)C1)N(C)C(=O)c1cccc(OCCc2ccccc2)c1. The topological polar surface area (TPSA) is 49.8 Å². The molecule has 0 bridgehead atoms. The van der Waals surface area contributed by atoms with Crippen LogP contribution in [-0.4, -0.2) is 41.2 Å². The lowest BCUT2D eigenvalue weighted by Crippen LogP contribution is -2.40. The molecule has 0 aliphatic heterocycles. The molecule has 0 heterocycles. The molecular weight excluding hydrogens is 374 g/mol. The zero-order valence-corrected chi connectivity index (χ0v) is 18.1. The number of nitrogens with zero attached hydrogens (tertiary/aromatic N) is 1. The smallest absolute Gasteiger partial charge is 0.254 e. The summed E-state index contributed by atoms with van der Waals surface area (Å²) in [6, 6.07) is 17.5. The predicted molar refractivity (Wildman–Crippen MR) is 121 cm³/mol. The minimum absolute atomic E-state index is 0.0552. The summed E-state index contributed by atoms with van der Waals surface area (Å²) in [5, 5.41) is 10.6. The van der Waals surface area contributed by atoms with Gasteiger partial charge in [-0.25, -0.2) is 0 Å². The molecule has 2 aromatic carbocycles. The number of hydrogen-bond acceptors (Lipinski definition) is 3. The van der Waals surface area contributed by atoms with Crippen LogP contribution < -0.4 is 4.74 Å². The monoisotopic (exact) mass is 407 g/mol. The van der Waals surface area contributed by atoms with Crippen molar-refractivity contribution in [2.24, 2.45) is 5.92 Å². The Bertz CT molecular complexity index is 850. The summed E-state index contributed by atoms with van der Waals surface area (Å²) >= 11 is 0. The van der Waals surface area contributed by atoms with Gasteiger partial charge in [-0.3, -0.25) is 4.79 Å². The van der Waals surface area contributed by atoms with Crippen LogP contribution in [0.1, 0.15) is 48.5 Å². The van der Waals surface area contributed by atoms with Crippen molar-refractivity contribution in [3.63, 3.8) is 0 Å². The third-order valence-electron chi connectivity index (χ3n) is 6.36. The van der Waals surface area contributed by atoms with Crippen LogP contribution >= 0.6 is 0 Å². The number of benzene rings is 2. The molecule has 0 aromatic heterocycles. The fraction of sp³-hybridized carbons (Fsp3) is 0.423. The molecule has 1 amide bonds. The minimum atomic E-state index is -0.609. The van der Waals surface area contributed by atoms with Crippen LogP contribution in [-0.2, 0) is 6.42 Å². The zero-order valence-electron chi connectivity index (χ0n) is 18.1. The van der Waals surface area contributed by atoms with Gasteiger partial charge in [-0.1, -0.05) is 49.4 Å². The maximum atomic E-state index is 13.1. The van der Waals surface area contributed by atoms with Gasteiger partial charge in [-0.05, 0) is 55.4 Å². The maximum absolute atomic E-state index is 13.1. The molecular formula is C26H33NO3. The van der Waals surface area contributed by atoms with Crippen LogP contribution in [0.3, 0.4) is 0 Å². The Morgan fingerprint density at radius 2 is 2.07 bits per heavy atom. The molecule has 1 N–H and O–H groups in total. The van der Waals surface area contributed by atoms with Gasteiger partial charge in [-0.2, -0.15) is 0 Å². The van der Waals surface area contributed by atoms with E-state index in [0.717, 1.165) is 25.7 Å². The van der Waals surface area contributed by atoms with E-state index in [1.165, 1.54) is 5.56 Å². The van der Waals surface area contributed by atoms with E-state index < -0.39 is 5.60 Å². The average molecular weight is 408 g/mol. The summed E-state index contributed by atoms with van der Waals surface area (Å²) in [5.74, 6) is 0.869. The molecule has 3 unspecified atom stereocenters. The van der Waals surface area contributed by atoms with Crippen LogP contribution in [0.4, 0.5) is 0 Å². The highest BCUT2D eigenvalue weighted by Gasteiger charge is 2.40.